The van der Waals surface area contributed by atoms with Crippen molar-refractivity contribution in [2.45, 2.75) is 20.4 Å². The van der Waals surface area contributed by atoms with Gasteiger partial charge in [-0.3, -0.25) is 9.89 Å². The number of aryl methyl sites for hydroxylation is 2. The summed E-state index contributed by atoms with van der Waals surface area (Å²) in [6.45, 7) is 4.32. The normalized spacial score (nSPS) is 10.3. The zero-order valence-electron chi connectivity index (χ0n) is 11.3. The van der Waals surface area contributed by atoms with Gasteiger partial charge in [0, 0.05) is 23.4 Å². The van der Waals surface area contributed by atoms with E-state index in [2.05, 4.69) is 15.5 Å². The van der Waals surface area contributed by atoms with Crippen molar-refractivity contribution in [1.82, 2.24) is 15.5 Å². The topological polar surface area (TPSA) is 67.0 Å². The largest absolute Gasteiger partial charge is 0.496 e. The molecule has 0 radical (unpaired) electrons. The van der Waals surface area contributed by atoms with Gasteiger partial charge in [0.15, 0.2) is 0 Å². The first-order chi connectivity index (χ1) is 9.11. The molecule has 0 spiro atoms. The van der Waals surface area contributed by atoms with Crippen LogP contribution in [0, 0.1) is 13.8 Å². The van der Waals surface area contributed by atoms with Crippen LogP contribution in [0.5, 0.6) is 5.75 Å². The zero-order valence-corrected chi connectivity index (χ0v) is 11.3. The fraction of sp³-hybridized carbons (Fsp3) is 0.286. The first kappa shape index (κ1) is 13.1. The number of hydrogen-bond donors (Lipinski definition) is 2. The molecule has 100 valence electrons. The Morgan fingerprint density at radius 2 is 2.21 bits per heavy atom. The quantitative estimate of drug-likeness (QED) is 0.882. The van der Waals surface area contributed by atoms with E-state index in [1.807, 2.05) is 19.9 Å². The van der Waals surface area contributed by atoms with Gasteiger partial charge in [0.1, 0.15) is 5.75 Å². The third-order valence-corrected chi connectivity index (χ3v) is 3.04. The smallest absolute Gasteiger partial charge is 0.251 e. The van der Waals surface area contributed by atoms with Crippen LogP contribution in [0.25, 0.3) is 0 Å². The van der Waals surface area contributed by atoms with E-state index in [1.54, 1.807) is 25.4 Å². The third-order valence-electron chi connectivity index (χ3n) is 3.04. The Kier molecular flexibility index (Phi) is 3.85. The van der Waals surface area contributed by atoms with Gasteiger partial charge in [0.25, 0.3) is 5.91 Å². The van der Waals surface area contributed by atoms with Crippen LogP contribution < -0.4 is 10.1 Å². The lowest BCUT2D eigenvalue weighted by Crippen LogP contribution is -2.23. The minimum Gasteiger partial charge on any atom is -0.496 e. The number of methoxy groups -OCH3 is 1. The maximum atomic E-state index is 12.0. The number of nitrogens with zero attached hydrogens (tertiary/aromatic N) is 1. The van der Waals surface area contributed by atoms with Gasteiger partial charge in [-0.15, -0.1) is 0 Å². The molecule has 5 heteroatoms. The first-order valence-electron chi connectivity index (χ1n) is 6.03. The fourth-order valence-electron chi connectivity index (χ4n) is 1.79. The van der Waals surface area contributed by atoms with Crippen molar-refractivity contribution < 1.29 is 9.53 Å². The van der Waals surface area contributed by atoms with Gasteiger partial charge in [-0.05, 0) is 31.5 Å². The number of rotatable bonds is 4. The number of nitrogens with one attached hydrogen (secondary N) is 2. The summed E-state index contributed by atoms with van der Waals surface area (Å²) >= 11 is 0. The summed E-state index contributed by atoms with van der Waals surface area (Å²) in [6, 6.07) is 5.40. The molecular formula is C14H17N3O2. The number of aromatic nitrogens is 2. The fourth-order valence-corrected chi connectivity index (χ4v) is 1.79. The summed E-state index contributed by atoms with van der Waals surface area (Å²) in [5.74, 6) is 0.589. The predicted octanol–water partition coefficient (Wildman–Crippen LogP) is 1.97. The summed E-state index contributed by atoms with van der Waals surface area (Å²) in [6.07, 6.45) is 1.71. The average Bonchev–Trinajstić information content (AvgIpc) is 2.82. The van der Waals surface area contributed by atoms with E-state index >= 15 is 0 Å². The Balaban J connectivity index is 2.06. The first-order valence-corrected chi connectivity index (χ1v) is 6.03. The van der Waals surface area contributed by atoms with Crippen LogP contribution >= 0.6 is 0 Å². The van der Waals surface area contributed by atoms with E-state index in [0.29, 0.717) is 17.9 Å². The molecule has 0 saturated heterocycles. The highest BCUT2D eigenvalue weighted by molar-refractivity contribution is 5.94. The molecule has 1 heterocycles. The molecule has 0 saturated carbocycles. The SMILES string of the molecule is COc1cc(C(=O)NCc2cn[nH]c2C)ccc1C. The van der Waals surface area contributed by atoms with Gasteiger partial charge < -0.3 is 10.1 Å². The van der Waals surface area contributed by atoms with Crippen molar-refractivity contribution in [2.24, 2.45) is 0 Å². The minimum atomic E-state index is -0.126. The summed E-state index contributed by atoms with van der Waals surface area (Å²) in [5, 5.41) is 9.61. The molecule has 1 aromatic carbocycles. The van der Waals surface area contributed by atoms with Crippen molar-refractivity contribution in [3.63, 3.8) is 0 Å². The third kappa shape index (κ3) is 2.93. The van der Waals surface area contributed by atoms with E-state index in [9.17, 15) is 4.79 Å². The van der Waals surface area contributed by atoms with Gasteiger partial charge in [0.2, 0.25) is 0 Å². The molecule has 2 rings (SSSR count). The Morgan fingerprint density at radius 3 is 2.84 bits per heavy atom. The molecule has 2 N–H and O–H groups in total. The molecule has 0 bridgehead atoms. The molecule has 0 fully saturated rings. The van der Waals surface area contributed by atoms with Gasteiger partial charge in [-0.2, -0.15) is 5.10 Å². The van der Waals surface area contributed by atoms with Gasteiger partial charge in [0.05, 0.1) is 13.3 Å². The number of H-pyrrole nitrogens is 1. The van der Waals surface area contributed by atoms with Gasteiger partial charge in [-0.25, -0.2) is 0 Å². The van der Waals surface area contributed by atoms with Gasteiger partial charge >= 0.3 is 0 Å². The summed E-state index contributed by atoms with van der Waals surface area (Å²) < 4.78 is 5.21. The number of hydrogen-bond acceptors (Lipinski definition) is 3. The summed E-state index contributed by atoms with van der Waals surface area (Å²) in [7, 11) is 1.60. The van der Waals surface area contributed by atoms with E-state index in [0.717, 1.165) is 16.8 Å². The average molecular weight is 259 g/mol. The number of carbonyl (C=O) groups is 1. The lowest BCUT2D eigenvalue weighted by atomic mass is 10.1. The van der Waals surface area contributed by atoms with Crippen LogP contribution in [-0.2, 0) is 6.54 Å². The molecule has 0 aliphatic rings. The Morgan fingerprint density at radius 1 is 1.42 bits per heavy atom. The van der Waals surface area contributed by atoms with Crippen LogP contribution in [0.4, 0.5) is 0 Å². The number of amides is 1. The molecule has 19 heavy (non-hydrogen) atoms. The van der Waals surface area contributed by atoms with Gasteiger partial charge in [-0.1, -0.05) is 6.07 Å². The molecule has 0 aliphatic heterocycles. The number of ether oxygens (including phenoxy) is 1. The highest BCUT2D eigenvalue weighted by Crippen LogP contribution is 2.18. The maximum Gasteiger partial charge on any atom is 0.251 e. The van der Waals surface area contributed by atoms with Crippen molar-refractivity contribution in [2.75, 3.05) is 7.11 Å². The molecule has 5 nitrogen and oxygen atoms in total. The van der Waals surface area contributed by atoms with Crippen LogP contribution in [-0.4, -0.2) is 23.2 Å². The summed E-state index contributed by atoms with van der Waals surface area (Å²) in [4.78, 5) is 12.0. The molecule has 2 aromatic rings. The van der Waals surface area contributed by atoms with E-state index < -0.39 is 0 Å². The second kappa shape index (κ2) is 5.56. The van der Waals surface area contributed by atoms with E-state index in [-0.39, 0.29) is 5.91 Å². The van der Waals surface area contributed by atoms with E-state index in [4.69, 9.17) is 4.74 Å². The number of benzene rings is 1. The second-order valence-electron chi connectivity index (χ2n) is 4.39. The second-order valence-corrected chi connectivity index (χ2v) is 4.39. The van der Waals surface area contributed by atoms with Crippen molar-refractivity contribution in [3.05, 3.63) is 46.8 Å². The van der Waals surface area contributed by atoms with Crippen LogP contribution in [0.1, 0.15) is 27.2 Å². The van der Waals surface area contributed by atoms with E-state index in [1.165, 1.54) is 0 Å². The Bertz CT molecular complexity index is 590. The predicted molar refractivity (Wildman–Crippen MR) is 72.2 cm³/mol. The molecule has 0 atom stereocenters. The molecular weight excluding hydrogens is 242 g/mol. The standard InChI is InChI=1S/C14H17N3O2/c1-9-4-5-11(6-13(9)19-3)14(18)15-7-12-8-16-17-10(12)2/h4-6,8H,7H2,1-3H3,(H,15,18)(H,16,17). The lowest BCUT2D eigenvalue weighted by molar-refractivity contribution is 0.0950. The maximum absolute atomic E-state index is 12.0. The number of carbonyl (C=O) groups excluding carboxylic acids is 1. The highest BCUT2D eigenvalue weighted by Gasteiger charge is 2.09. The highest BCUT2D eigenvalue weighted by atomic mass is 16.5. The molecule has 1 amide bonds. The van der Waals surface area contributed by atoms with Crippen molar-refractivity contribution in [3.8, 4) is 5.75 Å². The lowest BCUT2D eigenvalue weighted by Gasteiger charge is -2.08. The number of aromatic amines is 1. The monoisotopic (exact) mass is 259 g/mol. The minimum absolute atomic E-state index is 0.126. The van der Waals surface area contributed by atoms with Crippen molar-refractivity contribution in [1.29, 1.82) is 0 Å². The zero-order chi connectivity index (χ0) is 13.8. The Hall–Kier alpha value is -2.30. The van der Waals surface area contributed by atoms with Crippen LogP contribution in [0.15, 0.2) is 24.4 Å². The molecule has 1 aromatic heterocycles. The van der Waals surface area contributed by atoms with Crippen molar-refractivity contribution >= 4 is 5.91 Å². The van der Waals surface area contributed by atoms with Crippen LogP contribution in [0.3, 0.4) is 0 Å². The molecule has 0 aliphatic carbocycles. The van der Waals surface area contributed by atoms with Crippen LogP contribution in [0.2, 0.25) is 0 Å². The summed E-state index contributed by atoms with van der Waals surface area (Å²) in [5.41, 5.74) is 3.53. The molecule has 0 unspecified atom stereocenters. The Labute approximate surface area is 112 Å².